The van der Waals surface area contributed by atoms with Gasteiger partial charge in [-0.1, -0.05) is 30.3 Å². The number of benzene rings is 1. The minimum absolute atomic E-state index is 0.0208. The minimum atomic E-state index is 0.0208. The van der Waals surface area contributed by atoms with Crippen LogP contribution in [0.4, 0.5) is 0 Å². The highest BCUT2D eigenvalue weighted by Crippen LogP contribution is 2.04. The van der Waals surface area contributed by atoms with Crippen LogP contribution in [0.15, 0.2) is 30.3 Å². The summed E-state index contributed by atoms with van der Waals surface area (Å²) in [5.74, 6) is 0.0208. The summed E-state index contributed by atoms with van der Waals surface area (Å²) < 4.78 is 5.03. The summed E-state index contributed by atoms with van der Waals surface area (Å²) in [5, 5.41) is 2.94. The summed E-state index contributed by atoms with van der Waals surface area (Å²) in [7, 11) is 1.63. The van der Waals surface area contributed by atoms with Gasteiger partial charge in [-0.25, -0.2) is 0 Å². The lowest BCUT2D eigenvalue weighted by Gasteiger charge is -2.23. The van der Waals surface area contributed by atoms with Crippen LogP contribution in [0.25, 0.3) is 0 Å². The van der Waals surface area contributed by atoms with Gasteiger partial charge in [0.15, 0.2) is 0 Å². The molecule has 0 aliphatic heterocycles. The maximum Gasteiger partial charge on any atom is 0.234 e. The first kappa shape index (κ1) is 17.6. The van der Waals surface area contributed by atoms with E-state index in [0.29, 0.717) is 19.7 Å². The van der Waals surface area contributed by atoms with E-state index in [-0.39, 0.29) is 11.9 Å². The number of hydrogen-bond acceptors (Lipinski definition) is 4. The maximum atomic E-state index is 12.1. The third-order valence-corrected chi connectivity index (χ3v) is 3.12. The highest BCUT2D eigenvalue weighted by Gasteiger charge is 2.13. The fraction of sp³-hybridized carbons (Fsp3) is 0.562. The Morgan fingerprint density at radius 3 is 2.71 bits per heavy atom. The van der Waals surface area contributed by atoms with Crippen molar-refractivity contribution in [3.63, 3.8) is 0 Å². The normalized spacial score (nSPS) is 12.4. The van der Waals surface area contributed by atoms with Crippen LogP contribution in [0.2, 0.25) is 0 Å². The molecule has 0 fully saturated rings. The summed E-state index contributed by atoms with van der Waals surface area (Å²) in [6.07, 6.45) is 0.883. The Bertz CT molecular complexity index is 398. The van der Waals surface area contributed by atoms with E-state index in [1.807, 2.05) is 25.1 Å². The number of ether oxygens (including phenoxy) is 1. The van der Waals surface area contributed by atoms with Crippen LogP contribution in [0, 0.1) is 0 Å². The molecule has 1 aromatic carbocycles. The van der Waals surface area contributed by atoms with Gasteiger partial charge in [0, 0.05) is 26.2 Å². The zero-order valence-corrected chi connectivity index (χ0v) is 13.0. The number of hydrogen-bond donors (Lipinski definition) is 2. The molecule has 0 saturated heterocycles. The highest BCUT2D eigenvalue weighted by molar-refractivity contribution is 5.78. The molecule has 5 nitrogen and oxygen atoms in total. The van der Waals surface area contributed by atoms with Crippen molar-refractivity contribution >= 4 is 5.91 Å². The highest BCUT2D eigenvalue weighted by atomic mass is 16.5. The molecule has 0 aliphatic carbocycles. The molecule has 0 spiro atoms. The Kier molecular flexibility index (Phi) is 8.66. The largest absolute Gasteiger partial charge is 0.383 e. The van der Waals surface area contributed by atoms with E-state index < -0.39 is 0 Å². The van der Waals surface area contributed by atoms with Crippen LogP contribution < -0.4 is 11.1 Å². The molecule has 1 amide bonds. The zero-order valence-electron chi connectivity index (χ0n) is 13.0. The number of nitrogens with two attached hydrogens (primary N) is 1. The van der Waals surface area contributed by atoms with Crippen molar-refractivity contribution in [2.24, 2.45) is 5.73 Å². The molecule has 21 heavy (non-hydrogen) atoms. The molecular weight excluding hydrogens is 266 g/mol. The van der Waals surface area contributed by atoms with Crippen molar-refractivity contribution in [3.05, 3.63) is 35.9 Å². The van der Waals surface area contributed by atoms with Crippen molar-refractivity contribution < 1.29 is 9.53 Å². The molecule has 5 heteroatoms. The Morgan fingerprint density at radius 2 is 2.10 bits per heavy atom. The van der Waals surface area contributed by atoms with Gasteiger partial charge in [0.25, 0.3) is 0 Å². The summed E-state index contributed by atoms with van der Waals surface area (Å²) >= 11 is 0. The topological polar surface area (TPSA) is 67.6 Å². The first-order valence-electron chi connectivity index (χ1n) is 7.40. The molecule has 1 atom stereocenters. The average molecular weight is 293 g/mol. The van der Waals surface area contributed by atoms with Crippen LogP contribution in [-0.2, 0) is 16.1 Å². The summed E-state index contributed by atoms with van der Waals surface area (Å²) in [6, 6.07) is 10.2. The first-order valence-corrected chi connectivity index (χ1v) is 7.40. The lowest BCUT2D eigenvalue weighted by atomic mass is 10.2. The molecule has 1 rings (SSSR count). The third kappa shape index (κ3) is 7.80. The zero-order chi connectivity index (χ0) is 15.5. The van der Waals surface area contributed by atoms with Crippen molar-refractivity contribution in [2.45, 2.75) is 25.9 Å². The fourth-order valence-corrected chi connectivity index (χ4v) is 2.19. The molecule has 0 aromatic heterocycles. The Balaban J connectivity index is 2.50. The quantitative estimate of drug-likeness (QED) is 0.675. The first-order chi connectivity index (χ1) is 10.2. The van der Waals surface area contributed by atoms with Crippen molar-refractivity contribution in [2.75, 3.05) is 33.4 Å². The Morgan fingerprint density at radius 1 is 1.38 bits per heavy atom. The average Bonchev–Trinajstić information content (AvgIpc) is 2.46. The second kappa shape index (κ2) is 10.3. The van der Waals surface area contributed by atoms with Gasteiger partial charge in [0.05, 0.1) is 13.2 Å². The monoisotopic (exact) mass is 293 g/mol. The van der Waals surface area contributed by atoms with E-state index >= 15 is 0 Å². The smallest absolute Gasteiger partial charge is 0.234 e. The molecule has 118 valence electrons. The standard InChI is InChI=1S/C16H27N3O2/c1-14(13-21-2)18-16(20)12-19(10-6-9-17)11-15-7-4-3-5-8-15/h3-5,7-8,14H,6,9-13,17H2,1-2H3,(H,18,20). The molecule has 1 aromatic rings. The number of carbonyl (C=O) groups is 1. The molecule has 3 N–H and O–H groups in total. The predicted molar refractivity (Wildman–Crippen MR) is 84.9 cm³/mol. The van der Waals surface area contributed by atoms with Crippen molar-refractivity contribution in [3.8, 4) is 0 Å². The molecule has 0 saturated carbocycles. The van der Waals surface area contributed by atoms with Gasteiger partial charge < -0.3 is 15.8 Å². The van der Waals surface area contributed by atoms with Gasteiger partial charge in [-0.2, -0.15) is 0 Å². The SMILES string of the molecule is COCC(C)NC(=O)CN(CCCN)Cc1ccccc1. The van der Waals surface area contributed by atoms with E-state index in [0.717, 1.165) is 19.5 Å². The minimum Gasteiger partial charge on any atom is -0.383 e. The lowest BCUT2D eigenvalue weighted by Crippen LogP contribution is -2.42. The van der Waals surface area contributed by atoms with Crippen LogP contribution in [0.1, 0.15) is 18.9 Å². The second-order valence-corrected chi connectivity index (χ2v) is 5.26. The van der Waals surface area contributed by atoms with E-state index in [9.17, 15) is 4.79 Å². The molecule has 0 aliphatic rings. The van der Waals surface area contributed by atoms with Gasteiger partial charge >= 0.3 is 0 Å². The number of amides is 1. The summed E-state index contributed by atoms with van der Waals surface area (Å²) in [4.78, 5) is 14.2. The molecule has 0 heterocycles. The number of nitrogens with one attached hydrogen (secondary N) is 1. The van der Waals surface area contributed by atoms with Gasteiger partial charge in [-0.05, 0) is 25.5 Å². The summed E-state index contributed by atoms with van der Waals surface area (Å²) in [5.41, 5.74) is 6.78. The van der Waals surface area contributed by atoms with Crippen LogP contribution in [-0.4, -0.2) is 50.2 Å². The van der Waals surface area contributed by atoms with E-state index in [1.165, 1.54) is 5.56 Å². The van der Waals surface area contributed by atoms with Crippen LogP contribution in [0.5, 0.6) is 0 Å². The van der Waals surface area contributed by atoms with E-state index in [2.05, 4.69) is 22.3 Å². The number of carbonyl (C=O) groups excluding carboxylic acids is 1. The van der Waals surface area contributed by atoms with E-state index in [4.69, 9.17) is 10.5 Å². The predicted octanol–water partition coefficient (Wildman–Crippen LogP) is 0.989. The lowest BCUT2D eigenvalue weighted by molar-refractivity contribution is -0.123. The van der Waals surface area contributed by atoms with Crippen LogP contribution >= 0.6 is 0 Å². The Labute approximate surface area is 127 Å². The maximum absolute atomic E-state index is 12.1. The number of methoxy groups -OCH3 is 1. The molecule has 0 radical (unpaired) electrons. The Hall–Kier alpha value is -1.43. The molecule has 0 bridgehead atoms. The van der Waals surface area contributed by atoms with Crippen molar-refractivity contribution in [1.82, 2.24) is 10.2 Å². The van der Waals surface area contributed by atoms with Crippen molar-refractivity contribution in [1.29, 1.82) is 0 Å². The second-order valence-electron chi connectivity index (χ2n) is 5.26. The number of nitrogens with zero attached hydrogens (tertiary/aromatic N) is 1. The van der Waals surface area contributed by atoms with Gasteiger partial charge in [-0.15, -0.1) is 0 Å². The fourth-order valence-electron chi connectivity index (χ4n) is 2.19. The number of rotatable bonds is 10. The van der Waals surface area contributed by atoms with Gasteiger partial charge in [0.2, 0.25) is 5.91 Å². The molecular formula is C16H27N3O2. The third-order valence-electron chi connectivity index (χ3n) is 3.12. The van der Waals surface area contributed by atoms with Crippen LogP contribution in [0.3, 0.4) is 0 Å². The summed E-state index contributed by atoms with van der Waals surface area (Å²) in [6.45, 7) is 5.04. The van der Waals surface area contributed by atoms with Gasteiger partial charge in [0.1, 0.15) is 0 Å². The van der Waals surface area contributed by atoms with E-state index in [1.54, 1.807) is 7.11 Å². The molecule has 1 unspecified atom stereocenters. The van der Waals surface area contributed by atoms with Gasteiger partial charge in [-0.3, -0.25) is 9.69 Å².